The van der Waals surface area contributed by atoms with E-state index >= 15 is 0 Å². The molecule has 0 bridgehead atoms. The molecule has 1 aromatic carbocycles. The number of nitrogens with one attached hydrogen (secondary N) is 1. The van der Waals surface area contributed by atoms with Gasteiger partial charge < -0.3 is 15.0 Å². The van der Waals surface area contributed by atoms with Crippen molar-refractivity contribution in [3.63, 3.8) is 0 Å². The van der Waals surface area contributed by atoms with E-state index in [9.17, 15) is 9.59 Å². The predicted octanol–water partition coefficient (Wildman–Crippen LogP) is 1.88. The molecule has 0 spiro atoms. The molecular weight excluding hydrogens is 268 g/mol. The number of benzene rings is 1. The Balaban J connectivity index is 2.16. The van der Waals surface area contributed by atoms with Crippen molar-refractivity contribution in [2.75, 3.05) is 0 Å². The molecule has 0 saturated carbocycles. The molecule has 1 aromatic heterocycles. The number of carbonyl (C=O) groups excluding carboxylic acids is 1. The predicted molar refractivity (Wildman–Crippen MR) is 72.2 cm³/mol. The summed E-state index contributed by atoms with van der Waals surface area (Å²) in [5, 5.41) is 12.6. The van der Waals surface area contributed by atoms with Crippen LogP contribution in [0.15, 0.2) is 30.5 Å². The molecule has 19 heavy (non-hydrogen) atoms. The van der Waals surface area contributed by atoms with Crippen LogP contribution in [0, 0.1) is 0 Å². The first-order valence-electron chi connectivity index (χ1n) is 5.74. The molecule has 2 rings (SSSR count). The van der Waals surface area contributed by atoms with Crippen LogP contribution >= 0.6 is 11.6 Å². The lowest BCUT2D eigenvalue weighted by Crippen LogP contribution is -2.39. The second-order valence-electron chi connectivity index (χ2n) is 4.24. The van der Waals surface area contributed by atoms with Gasteiger partial charge >= 0.3 is 5.97 Å². The Morgan fingerprint density at radius 3 is 2.84 bits per heavy atom. The molecular formula is C13H13ClN2O3. The van der Waals surface area contributed by atoms with Crippen molar-refractivity contribution in [1.82, 2.24) is 9.88 Å². The van der Waals surface area contributed by atoms with Crippen molar-refractivity contribution >= 4 is 34.4 Å². The molecule has 0 aliphatic heterocycles. The normalized spacial score (nSPS) is 12.3. The van der Waals surface area contributed by atoms with Gasteiger partial charge in [-0.2, -0.15) is 0 Å². The number of carbonyl (C=O) groups is 2. The highest BCUT2D eigenvalue weighted by Gasteiger charge is 2.14. The minimum absolute atomic E-state index is 0.0570. The lowest BCUT2D eigenvalue weighted by Gasteiger charge is -2.10. The van der Waals surface area contributed by atoms with Gasteiger partial charge in [0.2, 0.25) is 5.91 Å². The Bertz CT molecular complexity index is 636. The number of aromatic nitrogens is 1. The quantitative estimate of drug-likeness (QED) is 0.898. The fourth-order valence-corrected chi connectivity index (χ4v) is 2.06. The number of hydrogen-bond acceptors (Lipinski definition) is 2. The average Bonchev–Trinajstić information content (AvgIpc) is 2.73. The van der Waals surface area contributed by atoms with Crippen molar-refractivity contribution in [3.05, 3.63) is 35.5 Å². The zero-order chi connectivity index (χ0) is 14.0. The average molecular weight is 281 g/mol. The van der Waals surface area contributed by atoms with Crippen LogP contribution in [0.3, 0.4) is 0 Å². The highest BCUT2D eigenvalue weighted by molar-refractivity contribution is 6.35. The summed E-state index contributed by atoms with van der Waals surface area (Å²) in [6.07, 6.45) is 1.75. The molecule has 0 fully saturated rings. The Morgan fingerprint density at radius 2 is 2.16 bits per heavy atom. The summed E-state index contributed by atoms with van der Waals surface area (Å²) in [4.78, 5) is 22.4. The lowest BCUT2D eigenvalue weighted by molar-refractivity contribution is -0.141. The first-order chi connectivity index (χ1) is 8.99. The highest BCUT2D eigenvalue weighted by Crippen LogP contribution is 2.23. The smallest absolute Gasteiger partial charge is 0.325 e. The SMILES string of the molecule is C[C@@H](NC(=O)Cn1ccc2c(Cl)cccc21)C(=O)O. The molecule has 2 N–H and O–H groups in total. The molecule has 0 saturated heterocycles. The third-order valence-corrected chi connectivity index (χ3v) is 3.15. The summed E-state index contributed by atoms with van der Waals surface area (Å²) in [6.45, 7) is 1.48. The molecule has 1 heterocycles. The van der Waals surface area contributed by atoms with Crippen LogP contribution in [0.4, 0.5) is 0 Å². The summed E-state index contributed by atoms with van der Waals surface area (Å²) in [5.74, 6) is -1.42. The second-order valence-corrected chi connectivity index (χ2v) is 4.65. The number of fused-ring (bicyclic) bond motifs is 1. The summed E-state index contributed by atoms with van der Waals surface area (Å²) in [5.41, 5.74) is 0.839. The lowest BCUT2D eigenvalue weighted by atomic mass is 10.2. The minimum atomic E-state index is -1.06. The van der Waals surface area contributed by atoms with Gasteiger partial charge in [-0.05, 0) is 25.1 Å². The van der Waals surface area contributed by atoms with Crippen LogP contribution < -0.4 is 5.32 Å². The molecule has 1 atom stereocenters. The van der Waals surface area contributed by atoms with E-state index in [1.165, 1.54) is 6.92 Å². The van der Waals surface area contributed by atoms with E-state index in [0.29, 0.717) is 5.02 Å². The molecule has 0 unspecified atom stereocenters. The van der Waals surface area contributed by atoms with Crippen LogP contribution in [0.2, 0.25) is 5.02 Å². The van der Waals surface area contributed by atoms with E-state index < -0.39 is 12.0 Å². The van der Waals surface area contributed by atoms with Gasteiger partial charge in [-0.25, -0.2) is 0 Å². The highest BCUT2D eigenvalue weighted by atomic mass is 35.5. The Morgan fingerprint density at radius 1 is 1.42 bits per heavy atom. The third kappa shape index (κ3) is 2.88. The van der Waals surface area contributed by atoms with E-state index in [0.717, 1.165) is 10.9 Å². The molecule has 100 valence electrons. The fraction of sp³-hybridized carbons (Fsp3) is 0.231. The Hall–Kier alpha value is -2.01. The van der Waals surface area contributed by atoms with Crippen molar-refractivity contribution in [2.45, 2.75) is 19.5 Å². The minimum Gasteiger partial charge on any atom is -0.480 e. The van der Waals surface area contributed by atoms with E-state index in [-0.39, 0.29) is 12.5 Å². The van der Waals surface area contributed by atoms with Gasteiger partial charge in [0.1, 0.15) is 12.6 Å². The topological polar surface area (TPSA) is 71.3 Å². The molecule has 5 nitrogen and oxygen atoms in total. The van der Waals surface area contributed by atoms with Gasteiger partial charge in [0.15, 0.2) is 0 Å². The number of halogens is 1. The van der Waals surface area contributed by atoms with Gasteiger partial charge in [0, 0.05) is 22.1 Å². The van der Waals surface area contributed by atoms with E-state index in [1.54, 1.807) is 22.9 Å². The maximum Gasteiger partial charge on any atom is 0.325 e. The number of aliphatic carboxylic acids is 1. The summed E-state index contributed by atoms with van der Waals surface area (Å²) in [7, 11) is 0. The fourth-order valence-electron chi connectivity index (χ4n) is 1.83. The second kappa shape index (κ2) is 5.32. The largest absolute Gasteiger partial charge is 0.480 e. The monoisotopic (exact) mass is 280 g/mol. The molecule has 1 amide bonds. The van der Waals surface area contributed by atoms with Crippen molar-refractivity contribution in [1.29, 1.82) is 0 Å². The number of carboxylic acids is 1. The Labute approximate surface area is 114 Å². The number of hydrogen-bond donors (Lipinski definition) is 2. The van der Waals surface area contributed by atoms with Crippen LogP contribution in [-0.4, -0.2) is 27.6 Å². The van der Waals surface area contributed by atoms with Gasteiger partial charge in [-0.3, -0.25) is 9.59 Å². The van der Waals surface area contributed by atoms with E-state index in [2.05, 4.69) is 5.32 Å². The Kier molecular flexibility index (Phi) is 3.76. The summed E-state index contributed by atoms with van der Waals surface area (Å²) in [6, 6.07) is 6.36. The number of carboxylic acid groups (broad SMARTS) is 1. The maximum absolute atomic E-state index is 11.7. The standard InChI is InChI=1S/C13H13ClN2O3/c1-8(13(18)19)15-12(17)7-16-6-5-9-10(14)3-2-4-11(9)16/h2-6,8H,7H2,1H3,(H,15,17)(H,18,19)/t8-/m1/s1. The maximum atomic E-state index is 11.7. The number of rotatable bonds is 4. The van der Waals surface area contributed by atoms with Crippen LogP contribution in [0.1, 0.15) is 6.92 Å². The van der Waals surface area contributed by atoms with Crippen LogP contribution in [0.25, 0.3) is 10.9 Å². The summed E-state index contributed by atoms with van der Waals surface area (Å²) >= 11 is 6.04. The zero-order valence-electron chi connectivity index (χ0n) is 10.3. The van der Waals surface area contributed by atoms with E-state index in [1.807, 2.05) is 12.1 Å². The molecule has 6 heteroatoms. The molecule has 0 radical (unpaired) electrons. The number of nitrogens with zero attached hydrogens (tertiary/aromatic N) is 1. The van der Waals surface area contributed by atoms with Gasteiger partial charge in [0.25, 0.3) is 0 Å². The molecule has 2 aromatic rings. The third-order valence-electron chi connectivity index (χ3n) is 2.82. The first kappa shape index (κ1) is 13.4. The van der Waals surface area contributed by atoms with Crippen molar-refractivity contribution in [3.8, 4) is 0 Å². The van der Waals surface area contributed by atoms with Gasteiger partial charge in [0.05, 0.1) is 0 Å². The van der Waals surface area contributed by atoms with Crippen molar-refractivity contribution in [2.24, 2.45) is 0 Å². The zero-order valence-corrected chi connectivity index (χ0v) is 11.0. The molecule has 0 aliphatic rings. The van der Waals surface area contributed by atoms with Crippen LogP contribution in [0.5, 0.6) is 0 Å². The molecule has 0 aliphatic carbocycles. The van der Waals surface area contributed by atoms with Gasteiger partial charge in [-0.1, -0.05) is 17.7 Å². The summed E-state index contributed by atoms with van der Waals surface area (Å²) < 4.78 is 1.73. The van der Waals surface area contributed by atoms with E-state index in [4.69, 9.17) is 16.7 Å². The first-order valence-corrected chi connectivity index (χ1v) is 6.12. The van der Waals surface area contributed by atoms with Crippen molar-refractivity contribution < 1.29 is 14.7 Å². The van der Waals surface area contributed by atoms with Crippen LogP contribution in [-0.2, 0) is 16.1 Å². The van der Waals surface area contributed by atoms with Gasteiger partial charge in [-0.15, -0.1) is 0 Å². The number of amides is 1.